The van der Waals surface area contributed by atoms with Gasteiger partial charge in [0.15, 0.2) is 0 Å². The van der Waals surface area contributed by atoms with Crippen molar-refractivity contribution in [1.29, 1.82) is 0 Å². The fraction of sp³-hybridized carbons (Fsp3) is 0.562. The molecule has 0 bridgehead atoms. The van der Waals surface area contributed by atoms with Crippen LogP contribution < -0.4 is 10.6 Å². The zero-order valence-electron chi connectivity index (χ0n) is 12.5. The average molecular weight is 275 g/mol. The topological polar surface area (TPSA) is 49.6 Å². The van der Waals surface area contributed by atoms with E-state index in [-0.39, 0.29) is 11.9 Å². The molecule has 0 unspecified atom stereocenters. The second-order valence-electron chi connectivity index (χ2n) is 5.49. The Hall–Kier alpha value is -1.55. The number of aryl methyl sites for hydroxylation is 1. The maximum Gasteiger partial charge on any atom is 0.239 e. The van der Waals surface area contributed by atoms with Crippen molar-refractivity contribution in [3.63, 3.8) is 0 Å². The van der Waals surface area contributed by atoms with E-state index >= 15 is 0 Å². The van der Waals surface area contributed by atoms with Crippen LogP contribution in [0.2, 0.25) is 0 Å². The molecule has 2 N–H and O–H groups in total. The van der Waals surface area contributed by atoms with Gasteiger partial charge in [0, 0.05) is 31.9 Å². The Bertz CT molecular complexity index is 453. The fourth-order valence-corrected chi connectivity index (χ4v) is 2.75. The Balaban J connectivity index is 1.93. The van der Waals surface area contributed by atoms with E-state index < -0.39 is 0 Å². The lowest BCUT2D eigenvalue weighted by Crippen LogP contribution is -2.53. The summed E-state index contributed by atoms with van der Waals surface area (Å²) >= 11 is 0. The van der Waals surface area contributed by atoms with E-state index in [4.69, 9.17) is 5.73 Å². The van der Waals surface area contributed by atoms with Gasteiger partial charge in [-0.3, -0.25) is 4.79 Å². The summed E-state index contributed by atoms with van der Waals surface area (Å²) in [7, 11) is 0. The first-order chi connectivity index (χ1) is 9.63. The van der Waals surface area contributed by atoms with Crippen LogP contribution in [0, 0.1) is 6.92 Å². The summed E-state index contributed by atoms with van der Waals surface area (Å²) < 4.78 is 0. The van der Waals surface area contributed by atoms with Gasteiger partial charge in [0.1, 0.15) is 0 Å². The van der Waals surface area contributed by atoms with Gasteiger partial charge in [-0.15, -0.1) is 0 Å². The summed E-state index contributed by atoms with van der Waals surface area (Å²) in [5.41, 5.74) is 8.49. The predicted octanol–water partition coefficient (Wildman–Crippen LogP) is 1.77. The molecular weight excluding hydrogens is 250 g/mol. The number of piperazine rings is 1. The Morgan fingerprint density at radius 2 is 1.90 bits per heavy atom. The van der Waals surface area contributed by atoms with Crippen molar-refractivity contribution in [1.82, 2.24) is 4.90 Å². The highest BCUT2D eigenvalue weighted by molar-refractivity contribution is 5.81. The Kier molecular flexibility index (Phi) is 5.01. The first-order valence-corrected chi connectivity index (χ1v) is 7.48. The summed E-state index contributed by atoms with van der Waals surface area (Å²) in [6, 6.07) is 8.07. The van der Waals surface area contributed by atoms with E-state index in [1.54, 1.807) is 0 Å². The molecule has 1 atom stereocenters. The van der Waals surface area contributed by atoms with Gasteiger partial charge < -0.3 is 15.5 Å². The van der Waals surface area contributed by atoms with Gasteiger partial charge in [-0.25, -0.2) is 0 Å². The monoisotopic (exact) mass is 275 g/mol. The van der Waals surface area contributed by atoms with Gasteiger partial charge in [-0.1, -0.05) is 31.5 Å². The van der Waals surface area contributed by atoms with E-state index in [0.717, 1.165) is 39.0 Å². The molecule has 4 heteroatoms. The lowest BCUT2D eigenvalue weighted by Gasteiger charge is -2.37. The Labute approximate surface area is 121 Å². The minimum absolute atomic E-state index is 0.108. The molecule has 1 fully saturated rings. The number of hydrogen-bond acceptors (Lipinski definition) is 3. The molecule has 1 aliphatic heterocycles. The number of anilines is 1. The molecule has 110 valence electrons. The number of para-hydroxylation sites is 1. The second-order valence-corrected chi connectivity index (χ2v) is 5.49. The molecule has 0 aliphatic carbocycles. The van der Waals surface area contributed by atoms with Crippen LogP contribution in [0.1, 0.15) is 25.3 Å². The number of nitrogens with zero attached hydrogens (tertiary/aromatic N) is 2. The molecule has 1 aliphatic rings. The Morgan fingerprint density at radius 3 is 2.50 bits per heavy atom. The number of benzene rings is 1. The minimum Gasteiger partial charge on any atom is -0.368 e. The fourth-order valence-electron chi connectivity index (χ4n) is 2.75. The quantitative estimate of drug-likeness (QED) is 0.911. The first-order valence-electron chi connectivity index (χ1n) is 7.48. The van der Waals surface area contributed by atoms with Crippen LogP contribution in [0.3, 0.4) is 0 Å². The molecule has 0 saturated carbocycles. The SMILES string of the molecule is CCC[C@@H](N)C(=O)N1CCN(c2ccccc2C)CC1. The molecule has 2 rings (SSSR count). The maximum absolute atomic E-state index is 12.2. The molecular formula is C16H25N3O. The van der Waals surface area contributed by atoms with Crippen LogP contribution in [0.25, 0.3) is 0 Å². The molecule has 0 spiro atoms. The van der Waals surface area contributed by atoms with Crippen molar-refractivity contribution in [3.05, 3.63) is 29.8 Å². The third kappa shape index (κ3) is 3.31. The van der Waals surface area contributed by atoms with Crippen molar-refractivity contribution >= 4 is 11.6 Å². The number of amides is 1. The lowest BCUT2D eigenvalue weighted by molar-refractivity contribution is -0.133. The highest BCUT2D eigenvalue weighted by Crippen LogP contribution is 2.21. The van der Waals surface area contributed by atoms with Crippen LogP contribution in [-0.4, -0.2) is 43.0 Å². The van der Waals surface area contributed by atoms with Crippen LogP contribution in [0.4, 0.5) is 5.69 Å². The second kappa shape index (κ2) is 6.75. The van der Waals surface area contributed by atoms with Crippen molar-refractivity contribution in [3.8, 4) is 0 Å². The molecule has 4 nitrogen and oxygen atoms in total. The summed E-state index contributed by atoms with van der Waals surface area (Å²) in [4.78, 5) is 16.4. The smallest absolute Gasteiger partial charge is 0.239 e. The van der Waals surface area contributed by atoms with Gasteiger partial charge >= 0.3 is 0 Å². The molecule has 1 saturated heterocycles. The normalized spacial score (nSPS) is 17.1. The van der Waals surface area contributed by atoms with Crippen molar-refractivity contribution in [2.75, 3.05) is 31.1 Å². The van der Waals surface area contributed by atoms with Gasteiger partial charge in [0.25, 0.3) is 0 Å². The largest absolute Gasteiger partial charge is 0.368 e. The van der Waals surface area contributed by atoms with Crippen LogP contribution in [0.5, 0.6) is 0 Å². The Morgan fingerprint density at radius 1 is 1.25 bits per heavy atom. The van der Waals surface area contributed by atoms with E-state index in [9.17, 15) is 4.79 Å². The summed E-state index contributed by atoms with van der Waals surface area (Å²) in [6.45, 7) is 7.49. The van der Waals surface area contributed by atoms with Gasteiger partial charge in [-0.05, 0) is 25.0 Å². The summed E-state index contributed by atoms with van der Waals surface area (Å²) in [5, 5.41) is 0. The molecule has 0 aromatic heterocycles. The van der Waals surface area contributed by atoms with E-state index in [1.807, 2.05) is 4.90 Å². The highest BCUT2D eigenvalue weighted by atomic mass is 16.2. The molecule has 1 amide bonds. The van der Waals surface area contributed by atoms with Crippen molar-refractivity contribution in [2.45, 2.75) is 32.7 Å². The third-order valence-corrected chi connectivity index (χ3v) is 3.96. The zero-order chi connectivity index (χ0) is 14.5. The average Bonchev–Trinajstić information content (AvgIpc) is 2.47. The summed E-state index contributed by atoms with van der Waals surface area (Å²) in [6.07, 6.45) is 1.73. The van der Waals surface area contributed by atoms with E-state index in [1.165, 1.54) is 11.3 Å². The van der Waals surface area contributed by atoms with Gasteiger partial charge in [-0.2, -0.15) is 0 Å². The van der Waals surface area contributed by atoms with Crippen LogP contribution >= 0.6 is 0 Å². The minimum atomic E-state index is -0.329. The van der Waals surface area contributed by atoms with Crippen LogP contribution in [0.15, 0.2) is 24.3 Å². The van der Waals surface area contributed by atoms with E-state index in [2.05, 4.69) is 43.0 Å². The standard InChI is InChI=1S/C16H25N3O/c1-3-6-14(17)16(20)19-11-9-18(10-12-19)15-8-5-4-7-13(15)2/h4-5,7-8,14H,3,6,9-12,17H2,1-2H3/t14-/m1/s1. The molecule has 1 aromatic carbocycles. The highest BCUT2D eigenvalue weighted by Gasteiger charge is 2.25. The number of nitrogens with two attached hydrogens (primary N) is 1. The van der Waals surface area contributed by atoms with E-state index in [0.29, 0.717) is 0 Å². The molecule has 0 radical (unpaired) electrons. The summed E-state index contributed by atoms with van der Waals surface area (Å²) in [5.74, 6) is 0.108. The molecule has 20 heavy (non-hydrogen) atoms. The van der Waals surface area contributed by atoms with Crippen LogP contribution in [-0.2, 0) is 4.79 Å². The number of hydrogen-bond donors (Lipinski definition) is 1. The molecule has 1 aromatic rings. The zero-order valence-corrected chi connectivity index (χ0v) is 12.5. The number of carbonyl (C=O) groups excluding carboxylic acids is 1. The number of rotatable bonds is 4. The van der Waals surface area contributed by atoms with Crippen molar-refractivity contribution < 1.29 is 4.79 Å². The molecule has 1 heterocycles. The van der Waals surface area contributed by atoms with Crippen molar-refractivity contribution in [2.24, 2.45) is 5.73 Å². The van der Waals surface area contributed by atoms with Gasteiger partial charge in [0.05, 0.1) is 6.04 Å². The maximum atomic E-state index is 12.2. The predicted molar refractivity (Wildman–Crippen MR) is 82.9 cm³/mol. The number of carbonyl (C=O) groups is 1. The lowest BCUT2D eigenvalue weighted by atomic mass is 10.1. The first kappa shape index (κ1) is 14.9. The third-order valence-electron chi connectivity index (χ3n) is 3.96. The van der Waals surface area contributed by atoms with Gasteiger partial charge in [0.2, 0.25) is 5.91 Å².